The first-order valence-corrected chi connectivity index (χ1v) is 12.3. The van der Waals surface area contributed by atoms with Crippen LogP contribution in [0.3, 0.4) is 0 Å². The lowest BCUT2D eigenvalue weighted by atomic mass is 9.96. The van der Waals surface area contributed by atoms with Gasteiger partial charge in [0.05, 0.1) is 5.69 Å². The Hall–Kier alpha value is -1.90. The third kappa shape index (κ3) is 4.06. The molecule has 0 bridgehead atoms. The highest BCUT2D eigenvalue weighted by Gasteiger charge is 2.36. The number of carbonyl (C=O) groups is 1. The van der Waals surface area contributed by atoms with Crippen molar-refractivity contribution in [3.8, 4) is 0 Å². The summed E-state index contributed by atoms with van der Waals surface area (Å²) in [5.41, 5.74) is 0.984. The highest BCUT2D eigenvalue weighted by molar-refractivity contribution is 8.00. The minimum atomic E-state index is -3.55. The normalized spacial score (nSPS) is 21.0. The van der Waals surface area contributed by atoms with Gasteiger partial charge in [0, 0.05) is 48.1 Å². The van der Waals surface area contributed by atoms with Crippen LogP contribution in [0.15, 0.2) is 58.6 Å². The fraction of sp³-hybridized carbons (Fsp3) is 0.429. The number of nitrogens with zero attached hydrogens (tertiary/aromatic N) is 3. The number of aromatic nitrogens is 1. The van der Waals surface area contributed by atoms with E-state index in [1.807, 2.05) is 34.9 Å². The molecule has 0 spiro atoms. The molecule has 0 aliphatic carbocycles. The molecule has 154 valence electrons. The van der Waals surface area contributed by atoms with Gasteiger partial charge < -0.3 is 4.90 Å². The fourth-order valence-electron chi connectivity index (χ4n) is 3.93. The second kappa shape index (κ2) is 8.45. The van der Waals surface area contributed by atoms with Crippen molar-refractivity contribution in [1.29, 1.82) is 0 Å². The number of carbonyl (C=O) groups excluding carboxylic acids is 1. The summed E-state index contributed by atoms with van der Waals surface area (Å²) in [6.45, 7) is 3.57. The summed E-state index contributed by atoms with van der Waals surface area (Å²) in [5, 5.41) is 0.389. The van der Waals surface area contributed by atoms with E-state index < -0.39 is 10.0 Å². The van der Waals surface area contributed by atoms with Crippen LogP contribution in [-0.4, -0.2) is 48.5 Å². The van der Waals surface area contributed by atoms with E-state index >= 15 is 0 Å². The van der Waals surface area contributed by atoms with Crippen molar-refractivity contribution in [3.63, 3.8) is 0 Å². The summed E-state index contributed by atoms with van der Waals surface area (Å²) in [6.07, 6.45) is 5.02. The number of anilines is 1. The lowest BCUT2D eigenvalue weighted by Crippen LogP contribution is -2.47. The van der Waals surface area contributed by atoms with Gasteiger partial charge in [-0.15, -0.1) is 11.8 Å². The summed E-state index contributed by atoms with van der Waals surface area (Å²) >= 11 is 1.84. The molecule has 0 radical (unpaired) electrons. The van der Waals surface area contributed by atoms with E-state index in [0.29, 0.717) is 37.7 Å². The average molecular weight is 432 g/mol. The lowest BCUT2D eigenvalue weighted by Gasteiger charge is -2.38. The summed E-state index contributed by atoms with van der Waals surface area (Å²) in [6, 6.07) is 11.2. The number of hydrogen-bond acceptors (Lipinski definition) is 5. The summed E-state index contributed by atoms with van der Waals surface area (Å²) in [4.78, 5) is 20.5. The molecule has 1 aromatic heterocycles. The molecule has 8 heteroatoms. The molecule has 2 aliphatic rings. The van der Waals surface area contributed by atoms with Gasteiger partial charge in [0.25, 0.3) is 0 Å². The monoisotopic (exact) mass is 431 g/mol. The first kappa shape index (κ1) is 20.4. The van der Waals surface area contributed by atoms with Gasteiger partial charge in [0.2, 0.25) is 15.9 Å². The molecule has 6 nitrogen and oxygen atoms in total. The van der Waals surface area contributed by atoms with Crippen molar-refractivity contribution in [2.24, 2.45) is 5.92 Å². The lowest BCUT2D eigenvalue weighted by molar-refractivity contribution is -0.123. The van der Waals surface area contributed by atoms with Crippen molar-refractivity contribution in [2.45, 2.75) is 41.2 Å². The van der Waals surface area contributed by atoms with Gasteiger partial charge in [-0.3, -0.25) is 9.78 Å². The molecule has 0 saturated carbocycles. The Bertz CT molecular complexity index is 974. The van der Waals surface area contributed by atoms with Gasteiger partial charge in [0.15, 0.2) is 0 Å². The number of hydrogen-bond donors (Lipinski definition) is 0. The third-order valence-corrected chi connectivity index (χ3v) is 8.93. The Balaban J connectivity index is 1.47. The zero-order valence-corrected chi connectivity index (χ0v) is 18.0. The first-order valence-electron chi connectivity index (χ1n) is 9.98. The molecule has 2 aliphatic heterocycles. The van der Waals surface area contributed by atoms with E-state index in [9.17, 15) is 13.2 Å². The maximum absolute atomic E-state index is 13.3. The molecule has 1 aromatic carbocycles. The van der Waals surface area contributed by atoms with Gasteiger partial charge in [-0.25, -0.2) is 8.42 Å². The molecule has 2 aromatic rings. The molecule has 29 heavy (non-hydrogen) atoms. The number of sulfonamides is 1. The topological polar surface area (TPSA) is 70.6 Å². The average Bonchev–Trinajstić information content (AvgIpc) is 2.78. The molecule has 1 fully saturated rings. The van der Waals surface area contributed by atoms with E-state index in [4.69, 9.17) is 0 Å². The smallest absolute Gasteiger partial charge is 0.244 e. The van der Waals surface area contributed by atoms with E-state index in [-0.39, 0.29) is 16.7 Å². The van der Waals surface area contributed by atoms with Gasteiger partial charge in [0.1, 0.15) is 4.90 Å². The van der Waals surface area contributed by atoms with Crippen LogP contribution < -0.4 is 4.90 Å². The van der Waals surface area contributed by atoms with Crippen LogP contribution in [0, 0.1) is 5.92 Å². The van der Waals surface area contributed by atoms with Crippen molar-refractivity contribution >= 4 is 33.4 Å². The Morgan fingerprint density at radius 3 is 2.62 bits per heavy atom. The van der Waals surface area contributed by atoms with Crippen LogP contribution in [-0.2, 0) is 14.8 Å². The maximum atomic E-state index is 13.3. The van der Waals surface area contributed by atoms with Gasteiger partial charge in [-0.05, 0) is 43.5 Å². The second-order valence-corrected chi connectivity index (χ2v) is 10.7. The largest absolute Gasteiger partial charge is 0.310 e. The van der Waals surface area contributed by atoms with Crippen molar-refractivity contribution < 1.29 is 13.2 Å². The Morgan fingerprint density at radius 1 is 1.17 bits per heavy atom. The van der Waals surface area contributed by atoms with Crippen LogP contribution >= 0.6 is 11.8 Å². The number of rotatable bonds is 4. The Kier molecular flexibility index (Phi) is 5.94. The molecule has 0 N–H and O–H groups in total. The molecular weight excluding hydrogens is 406 g/mol. The summed E-state index contributed by atoms with van der Waals surface area (Å²) < 4.78 is 27.1. The van der Waals surface area contributed by atoms with Crippen LogP contribution in [0.2, 0.25) is 0 Å². The molecule has 1 saturated heterocycles. The summed E-state index contributed by atoms with van der Waals surface area (Å²) in [5.74, 6) is -0.0290. The van der Waals surface area contributed by atoms with Crippen LogP contribution in [0.4, 0.5) is 5.69 Å². The van der Waals surface area contributed by atoms with Crippen molar-refractivity contribution in [1.82, 2.24) is 9.29 Å². The van der Waals surface area contributed by atoms with Gasteiger partial charge in [-0.2, -0.15) is 4.31 Å². The van der Waals surface area contributed by atoms with E-state index in [0.717, 1.165) is 17.0 Å². The number of benzene rings is 1. The predicted molar refractivity (Wildman–Crippen MR) is 114 cm³/mol. The molecule has 3 heterocycles. The van der Waals surface area contributed by atoms with Crippen LogP contribution in [0.1, 0.15) is 26.2 Å². The van der Waals surface area contributed by atoms with Crippen LogP contribution in [0.25, 0.3) is 0 Å². The molecule has 1 amide bonds. The number of fused-ring (bicyclic) bond motifs is 1. The van der Waals surface area contributed by atoms with Gasteiger partial charge >= 0.3 is 0 Å². The zero-order valence-electron chi connectivity index (χ0n) is 16.4. The highest BCUT2D eigenvalue weighted by Crippen LogP contribution is 2.40. The van der Waals surface area contributed by atoms with E-state index in [2.05, 4.69) is 18.0 Å². The SMILES string of the molecule is CC[C@H]1CN(C(=O)C2CCN(S(=O)(=O)c3cccnc3)CC2)c2ccccc2S1. The number of pyridine rings is 1. The Morgan fingerprint density at radius 2 is 1.93 bits per heavy atom. The van der Waals surface area contributed by atoms with Gasteiger partial charge in [-0.1, -0.05) is 19.1 Å². The van der Waals surface area contributed by atoms with Crippen LogP contribution in [0.5, 0.6) is 0 Å². The number of para-hydroxylation sites is 1. The van der Waals surface area contributed by atoms with E-state index in [1.54, 1.807) is 18.3 Å². The maximum Gasteiger partial charge on any atom is 0.244 e. The molecule has 4 rings (SSSR count). The minimum absolute atomic E-state index is 0.120. The second-order valence-electron chi connectivity index (χ2n) is 7.43. The Labute approximate surface area is 176 Å². The predicted octanol–water partition coefficient (Wildman–Crippen LogP) is 3.40. The standard InChI is InChI=1S/C21H25N3O3S2/c1-2-17-15-24(19-7-3-4-8-20(19)28-17)21(25)16-9-12-23(13-10-16)29(26,27)18-6-5-11-22-14-18/h3-8,11,14,16-17H,2,9-10,12-13,15H2,1H3/t17-/m0/s1. The minimum Gasteiger partial charge on any atom is -0.310 e. The quantitative estimate of drug-likeness (QED) is 0.742. The molecular formula is C21H25N3O3S2. The highest BCUT2D eigenvalue weighted by atomic mass is 32.2. The van der Waals surface area contributed by atoms with Crippen molar-refractivity contribution in [2.75, 3.05) is 24.5 Å². The number of amides is 1. The number of thioether (sulfide) groups is 1. The summed E-state index contributed by atoms with van der Waals surface area (Å²) in [7, 11) is -3.55. The third-order valence-electron chi connectivity index (χ3n) is 5.63. The molecule has 1 atom stereocenters. The molecule has 0 unspecified atom stereocenters. The fourth-order valence-corrected chi connectivity index (χ4v) is 6.57. The zero-order chi connectivity index (χ0) is 20.4. The number of piperidine rings is 1. The van der Waals surface area contributed by atoms with Crippen molar-refractivity contribution in [3.05, 3.63) is 48.8 Å². The first-order chi connectivity index (χ1) is 14.0. The van der Waals surface area contributed by atoms with E-state index in [1.165, 1.54) is 10.5 Å².